The number of aryl methyl sites for hydroxylation is 1. The molecule has 0 aliphatic heterocycles. The topological polar surface area (TPSA) is 54.0 Å². The average Bonchev–Trinajstić information content (AvgIpc) is 2.99. The number of hydrogen-bond donors (Lipinski definition) is 0. The van der Waals surface area contributed by atoms with E-state index in [1.54, 1.807) is 28.1 Å². The first-order chi connectivity index (χ1) is 9.13. The highest BCUT2D eigenvalue weighted by molar-refractivity contribution is 7.09. The Morgan fingerprint density at radius 2 is 2.21 bits per heavy atom. The van der Waals surface area contributed by atoms with E-state index in [-0.39, 0.29) is 0 Å². The molecule has 19 heavy (non-hydrogen) atoms. The molecule has 3 aromatic heterocycles. The van der Waals surface area contributed by atoms with Crippen molar-refractivity contribution in [3.05, 3.63) is 39.1 Å². The van der Waals surface area contributed by atoms with Crippen molar-refractivity contribution in [2.75, 3.05) is 0 Å². The molecule has 0 aliphatic rings. The van der Waals surface area contributed by atoms with Crippen molar-refractivity contribution in [1.29, 1.82) is 5.26 Å². The van der Waals surface area contributed by atoms with Crippen LogP contribution in [0.25, 0.3) is 16.9 Å². The lowest BCUT2D eigenvalue weighted by Gasteiger charge is -2.10. The molecule has 0 amide bonds. The maximum Gasteiger partial charge on any atom is 0.156 e. The van der Waals surface area contributed by atoms with Gasteiger partial charge in [-0.2, -0.15) is 5.26 Å². The lowest BCUT2D eigenvalue weighted by molar-refractivity contribution is 1.15. The predicted molar refractivity (Wildman–Crippen MR) is 75.5 cm³/mol. The van der Waals surface area contributed by atoms with Gasteiger partial charge in [0, 0.05) is 23.3 Å². The number of halogens is 1. The van der Waals surface area contributed by atoms with Gasteiger partial charge in [0.1, 0.15) is 11.2 Å². The summed E-state index contributed by atoms with van der Waals surface area (Å²) in [5.74, 6) is 0. The van der Waals surface area contributed by atoms with Gasteiger partial charge in [0.05, 0.1) is 16.3 Å². The first-order valence-electron chi connectivity index (χ1n) is 5.61. The quantitative estimate of drug-likeness (QED) is 0.643. The maximum absolute atomic E-state index is 9.34. The number of pyridine rings is 1. The van der Waals surface area contributed by atoms with Crippen LogP contribution in [0, 0.1) is 25.2 Å². The summed E-state index contributed by atoms with van der Waals surface area (Å²) in [4.78, 5) is 8.65. The van der Waals surface area contributed by atoms with E-state index in [9.17, 15) is 5.26 Å². The van der Waals surface area contributed by atoms with Crippen LogP contribution in [0.15, 0.2) is 17.8 Å². The zero-order valence-corrected chi connectivity index (χ0v) is 11.9. The monoisotopic (exact) mass is 288 g/mol. The van der Waals surface area contributed by atoms with Crippen LogP contribution in [0.2, 0.25) is 5.15 Å². The van der Waals surface area contributed by atoms with Crippen LogP contribution in [0.3, 0.4) is 0 Å². The van der Waals surface area contributed by atoms with Gasteiger partial charge in [-0.15, -0.1) is 11.3 Å². The summed E-state index contributed by atoms with van der Waals surface area (Å²) in [5.41, 5.74) is 3.54. The Bertz CT molecular complexity index is 825. The second kappa shape index (κ2) is 4.34. The van der Waals surface area contributed by atoms with Crippen molar-refractivity contribution >= 4 is 28.6 Å². The Hall–Kier alpha value is -1.90. The fourth-order valence-electron chi connectivity index (χ4n) is 2.12. The van der Waals surface area contributed by atoms with Crippen LogP contribution in [-0.2, 0) is 0 Å². The smallest absolute Gasteiger partial charge is 0.156 e. The summed E-state index contributed by atoms with van der Waals surface area (Å²) in [5, 5.41) is 12.8. The van der Waals surface area contributed by atoms with E-state index < -0.39 is 0 Å². The van der Waals surface area contributed by atoms with Gasteiger partial charge < -0.3 is 0 Å². The summed E-state index contributed by atoms with van der Waals surface area (Å²) >= 11 is 8.00. The van der Waals surface area contributed by atoms with E-state index in [2.05, 4.69) is 16.0 Å². The number of hydrogen-bond acceptors (Lipinski definition) is 4. The molecule has 0 aromatic carbocycles. The third-order valence-electron chi connectivity index (χ3n) is 3.02. The lowest BCUT2D eigenvalue weighted by Crippen LogP contribution is -1.99. The molecular formula is C13H9ClN4S. The van der Waals surface area contributed by atoms with Gasteiger partial charge in [-0.3, -0.25) is 4.40 Å². The molecule has 0 spiro atoms. The minimum Gasteiger partial charge on any atom is -0.289 e. The molecule has 0 saturated carbocycles. The zero-order chi connectivity index (χ0) is 13.6. The number of imidazole rings is 1. The SMILES string of the molecule is Cc1nc(-c2c(C)c(C#N)c3nccn3c2Cl)cs1. The second-order valence-electron chi connectivity index (χ2n) is 4.15. The molecule has 0 aliphatic carbocycles. The van der Waals surface area contributed by atoms with Crippen LogP contribution in [0.1, 0.15) is 16.1 Å². The van der Waals surface area contributed by atoms with Crippen LogP contribution in [0.5, 0.6) is 0 Å². The van der Waals surface area contributed by atoms with Gasteiger partial charge >= 0.3 is 0 Å². The highest BCUT2D eigenvalue weighted by atomic mass is 35.5. The molecular weight excluding hydrogens is 280 g/mol. The molecule has 3 rings (SSSR count). The highest BCUT2D eigenvalue weighted by Crippen LogP contribution is 2.35. The Balaban J connectivity index is 2.45. The Morgan fingerprint density at radius 3 is 2.84 bits per heavy atom. The van der Waals surface area contributed by atoms with Crippen molar-refractivity contribution in [2.24, 2.45) is 0 Å². The van der Waals surface area contributed by atoms with Crippen LogP contribution < -0.4 is 0 Å². The number of nitrogens with zero attached hydrogens (tertiary/aromatic N) is 4. The van der Waals surface area contributed by atoms with Crippen LogP contribution in [0.4, 0.5) is 0 Å². The third-order valence-corrected chi connectivity index (χ3v) is 4.16. The lowest BCUT2D eigenvalue weighted by atomic mass is 10.0. The molecule has 4 nitrogen and oxygen atoms in total. The first-order valence-corrected chi connectivity index (χ1v) is 6.87. The molecule has 0 saturated heterocycles. The third kappa shape index (κ3) is 1.72. The van der Waals surface area contributed by atoms with Gasteiger partial charge in [-0.05, 0) is 19.4 Å². The van der Waals surface area contributed by atoms with Gasteiger partial charge in [0.15, 0.2) is 5.65 Å². The number of thiazole rings is 1. The largest absolute Gasteiger partial charge is 0.289 e. The molecule has 94 valence electrons. The van der Waals surface area contributed by atoms with E-state index in [0.29, 0.717) is 16.4 Å². The second-order valence-corrected chi connectivity index (χ2v) is 5.57. The van der Waals surface area contributed by atoms with Crippen LogP contribution in [-0.4, -0.2) is 14.4 Å². The van der Waals surface area contributed by atoms with E-state index >= 15 is 0 Å². The summed E-state index contributed by atoms with van der Waals surface area (Å²) in [6, 6.07) is 2.20. The highest BCUT2D eigenvalue weighted by Gasteiger charge is 2.19. The molecule has 0 radical (unpaired) electrons. The van der Waals surface area contributed by atoms with Crippen LogP contribution >= 0.6 is 22.9 Å². The van der Waals surface area contributed by atoms with E-state index in [1.165, 1.54) is 0 Å². The molecule has 0 unspecified atom stereocenters. The predicted octanol–water partition coefficient (Wildman–Crippen LogP) is 3.60. The average molecular weight is 289 g/mol. The van der Waals surface area contributed by atoms with Gasteiger partial charge in [0.2, 0.25) is 0 Å². The number of fused-ring (bicyclic) bond motifs is 1. The standard InChI is InChI=1S/C13H9ClN4S/c1-7-9(5-15)13-16-3-4-18(13)12(14)11(7)10-6-19-8(2)17-10/h3-4,6H,1-2H3. The number of aromatic nitrogens is 3. The summed E-state index contributed by atoms with van der Waals surface area (Å²) < 4.78 is 1.72. The van der Waals surface area contributed by atoms with Crippen molar-refractivity contribution in [3.8, 4) is 17.3 Å². The molecule has 0 N–H and O–H groups in total. The molecule has 3 aromatic rings. The van der Waals surface area contributed by atoms with Crippen molar-refractivity contribution in [2.45, 2.75) is 13.8 Å². The zero-order valence-electron chi connectivity index (χ0n) is 10.3. The Kier molecular flexibility index (Phi) is 2.77. The molecule has 6 heteroatoms. The maximum atomic E-state index is 9.34. The summed E-state index contributed by atoms with van der Waals surface area (Å²) in [7, 11) is 0. The summed E-state index contributed by atoms with van der Waals surface area (Å²) in [6.07, 6.45) is 3.39. The normalized spacial score (nSPS) is 10.8. The first kappa shape index (κ1) is 12.2. The molecule has 0 fully saturated rings. The number of rotatable bonds is 1. The van der Waals surface area contributed by atoms with Crippen molar-refractivity contribution in [3.63, 3.8) is 0 Å². The minimum absolute atomic E-state index is 0.536. The fraction of sp³-hybridized carbons (Fsp3) is 0.154. The number of nitriles is 1. The summed E-state index contributed by atoms with van der Waals surface area (Å²) in [6.45, 7) is 3.82. The fourth-order valence-corrected chi connectivity index (χ4v) is 3.10. The molecule has 0 bridgehead atoms. The van der Waals surface area contributed by atoms with Crippen molar-refractivity contribution < 1.29 is 0 Å². The van der Waals surface area contributed by atoms with Gasteiger partial charge in [0.25, 0.3) is 0 Å². The van der Waals surface area contributed by atoms with E-state index in [4.69, 9.17) is 11.6 Å². The van der Waals surface area contributed by atoms with E-state index in [1.807, 2.05) is 19.2 Å². The molecule has 0 atom stereocenters. The van der Waals surface area contributed by atoms with Gasteiger partial charge in [-0.1, -0.05) is 11.6 Å². The Labute approximate surface area is 118 Å². The minimum atomic E-state index is 0.536. The molecule has 3 heterocycles. The van der Waals surface area contributed by atoms with Gasteiger partial charge in [-0.25, -0.2) is 9.97 Å². The Morgan fingerprint density at radius 1 is 1.42 bits per heavy atom. The van der Waals surface area contributed by atoms with Crippen molar-refractivity contribution in [1.82, 2.24) is 14.4 Å². The van der Waals surface area contributed by atoms with E-state index in [0.717, 1.165) is 21.8 Å².